The molecule has 1 N–H and O–H groups in total. The van der Waals surface area contributed by atoms with E-state index in [9.17, 15) is 4.79 Å². The molecule has 2 aromatic heterocycles. The van der Waals surface area contributed by atoms with Crippen LogP contribution in [0.4, 0.5) is 0 Å². The maximum absolute atomic E-state index is 12.5. The number of benzene rings is 1. The van der Waals surface area contributed by atoms with Gasteiger partial charge in [-0.3, -0.25) is 9.78 Å². The van der Waals surface area contributed by atoms with Crippen molar-refractivity contribution in [2.75, 3.05) is 40.0 Å². The number of fused-ring (bicyclic) bond motifs is 1. The fourth-order valence-corrected chi connectivity index (χ4v) is 5.58. The van der Waals surface area contributed by atoms with Gasteiger partial charge in [0.05, 0.1) is 24.5 Å². The fraction of sp³-hybridized carbons (Fsp3) is 0.462. The third-order valence-corrected chi connectivity index (χ3v) is 7.31. The Morgan fingerprint density at radius 1 is 1.08 bits per heavy atom. The van der Waals surface area contributed by atoms with Crippen LogP contribution in [0.5, 0.6) is 17.2 Å². The smallest absolute Gasteiger partial charge is 0.251 e. The molecule has 1 unspecified atom stereocenters. The zero-order valence-corrected chi connectivity index (χ0v) is 21.9. The van der Waals surface area contributed by atoms with Crippen molar-refractivity contribution in [1.29, 1.82) is 0 Å². The molecule has 0 bridgehead atoms. The lowest BCUT2D eigenvalue weighted by Gasteiger charge is -2.34. The Morgan fingerprint density at radius 3 is 2.61 bits per heavy atom. The summed E-state index contributed by atoms with van der Waals surface area (Å²) in [4.78, 5) is 19.6. The number of aromatic nitrogens is 2. The second-order valence-corrected chi connectivity index (χ2v) is 9.37. The summed E-state index contributed by atoms with van der Waals surface area (Å²) in [7, 11) is 1.71. The minimum Gasteiger partial charge on any atom is -0.496 e. The summed E-state index contributed by atoms with van der Waals surface area (Å²) in [6.07, 6.45) is 3.94. The van der Waals surface area contributed by atoms with Crippen molar-refractivity contribution in [3.63, 3.8) is 0 Å². The predicted octanol–water partition coefficient (Wildman–Crippen LogP) is 3.37. The van der Waals surface area contributed by atoms with Crippen molar-refractivity contribution in [1.82, 2.24) is 19.8 Å². The van der Waals surface area contributed by atoms with E-state index in [1.54, 1.807) is 19.4 Å². The number of ether oxygens (including phenoxy) is 3. The van der Waals surface area contributed by atoms with Crippen molar-refractivity contribution < 1.29 is 14.2 Å². The lowest BCUT2D eigenvalue weighted by atomic mass is 9.96. The molecular formula is C26H32Cl2N4O4. The molecule has 6 rings (SSSR count). The summed E-state index contributed by atoms with van der Waals surface area (Å²) in [5.74, 6) is 2.67. The van der Waals surface area contributed by atoms with Crippen LogP contribution >= 0.6 is 24.8 Å². The highest BCUT2D eigenvalue weighted by molar-refractivity contribution is 5.86. The third kappa shape index (κ3) is 5.00. The van der Waals surface area contributed by atoms with Crippen LogP contribution in [-0.2, 0) is 13.1 Å². The number of hydrogen-bond donors (Lipinski definition) is 1. The fourth-order valence-electron chi connectivity index (χ4n) is 5.58. The predicted molar refractivity (Wildman–Crippen MR) is 144 cm³/mol. The van der Waals surface area contributed by atoms with Gasteiger partial charge in [-0.25, -0.2) is 0 Å². The Morgan fingerprint density at radius 2 is 1.83 bits per heavy atom. The molecule has 36 heavy (non-hydrogen) atoms. The van der Waals surface area contributed by atoms with Crippen molar-refractivity contribution in [2.45, 2.75) is 37.9 Å². The standard InChI is InChI=1S/C26H30N4O4.2ClH/c1-32-21-4-2-17-3-5-24(31)30-16-18(25(21)26(17)30)15-29-8-6-19(7-9-29)27-13-20-12-22-23(14-28-20)34-11-10-33-22;;/h2-5,12,14,18-19,27H,6-11,13,15-16H2,1H3;2*1H. The summed E-state index contributed by atoms with van der Waals surface area (Å²) >= 11 is 0. The molecule has 10 heteroatoms. The summed E-state index contributed by atoms with van der Waals surface area (Å²) in [5.41, 5.74) is 3.27. The zero-order chi connectivity index (χ0) is 23.1. The molecule has 1 saturated heterocycles. The Kier molecular flexibility index (Phi) is 8.30. The van der Waals surface area contributed by atoms with Crippen molar-refractivity contribution >= 4 is 35.7 Å². The Balaban J connectivity index is 0.00000152. The van der Waals surface area contributed by atoms with E-state index in [0.29, 0.717) is 19.3 Å². The maximum atomic E-state index is 12.5. The Bertz CT molecular complexity index is 1280. The van der Waals surface area contributed by atoms with E-state index < -0.39 is 0 Å². The van der Waals surface area contributed by atoms with Gasteiger partial charge in [0.2, 0.25) is 0 Å². The van der Waals surface area contributed by atoms with Crippen molar-refractivity contribution in [3.05, 3.63) is 58.1 Å². The van der Waals surface area contributed by atoms with Crippen LogP contribution < -0.4 is 25.1 Å². The summed E-state index contributed by atoms with van der Waals surface area (Å²) < 4.78 is 18.8. The molecule has 0 spiro atoms. The largest absolute Gasteiger partial charge is 0.496 e. The number of hydrogen-bond acceptors (Lipinski definition) is 7. The van der Waals surface area contributed by atoms with Crippen LogP contribution in [-0.4, -0.2) is 60.5 Å². The van der Waals surface area contributed by atoms with Gasteiger partial charge < -0.3 is 29.0 Å². The molecule has 1 aromatic carbocycles. The average Bonchev–Trinajstić information content (AvgIpc) is 3.26. The van der Waals surface area contributed by atoms with E-state index in [1.165, 1.54) is 5.56 Å². The number of pyridine rings is 2. The van der Waals surface area contributed by atoms with E-state index in [2.05, 4.69) is 15.2 Å². The molecular weight excluding hydrogens is 503 g/mol. The van der Waals surface area contributed by atoms with Crippen LogP contribution in [0.2, 0.25) is 0 Å². The van der Waals surface area contributed by atoms with Gasteiger partial charge in [0.25, 0.3) is 5.56 Å². The number of piperidine rings is 1. The highest BCUT2D eigenvalue weighted by atomic mass is 35.5. The minimum absolute atomic E-state index is 0. The molecule has 3 aliphatic rings. The van der Waals surface area contributed by atoms with Crippen LogP contribution in [0, 0.1) is 0 Å². The molecule has 5 heterocycles. The highest BCUT2D eigenvalue weighted by Crippen LogP contribution is 2.40. The van der Waals surface area contributed by atoms with Gasteiger partial charge >= 0.3 is 0 Å². The first kappa shape index (κ1) is 26.5. The van der Waals surface area contributed by atoms with Crippen LogP contribution in [0.15, 0.2) is 41.3 Å². The number of methoxy groups -OCH3 is 1. The zero-order valence-electron chi connectivity index (χ0n) is 20.3. The van der Waals surface area contributed by atoms with Crippen LogP contribution in [0.1, 0.15) is 30.0 Å². The molecule has 0 radical (unpaired) electrons. The molecule has 1 fully saturated rings. The van der Waals surface area contributed by atoms with Gasteiger partial charge in [-0.1, -0.05) is 0 Å². The van der Waals surface area contributed by atoms with E-state index in [4.69, 9.17) is 14.2 Å². The lowest BCUT2D eigenvalue weighted by molar-refractivity contribution is 0.170. The van der Waals surface area contributed by atoms with Crippen LogP contribution in [0.25, 0.3) is 10.9 Å². The molecule has 0 amide bonds. The number of nitrogens with one attached hydrogen (secondary N) is 1. The van der Waals surface area contributed by atoms with Crippen molar-refractivity contribution in [3.8, 4) is 17.2 Å². The monoisotopic (exact) mass is 534 g/mol. The summed E-state index contributed by atoms with van der Waals surface area (Å²) in [6, 6.07) is 10.1. The molecule has 0 saturated carbocycles. The van der Waals surface area contributed by atoms with E-state index in [1.807, 2.05) is 28.8 Å². The number of halogens is 2. The second-order valence-electron chi connectivity index (χ2n) is 9.37. The minimum atomic E-state index is 0. The normalized spacial score (nSPS) is 19.0. The summed E-state index contributed by atoms with van der Waals surface area (Å²) in [6.45, 7) is 5.62. The second kappa shape index (κ2) is 11.3. The number of nitrogens with zero attached hydrogens (tertiary/aromatic N) is 3. The van der Waals surface area contributed by atoms with Gasteiger partial charge in [0, 0.05) is 49.3 Å². The Labute approximate surface area is 222 Å². The number of rotatable bonds is 6. The first-order valence-electron chi connectivity index (χ1n) is 12.1. The van der Waals surface area contributed by atoms with Crippen LogP contribution in [0.3, 0.4) is 0 Å². The third-order valence-electron chi connectivity index (χ3n) is 7.31. The topological polar surface area (TPSA) is 77.9 Å². The van der Waals surface area contributed by atoms with Gasteiger partial charge in [-0.05, 0) is 49.5 Å². The number of likely N-dealkylation sites (tertiary alicyclic amines) is 1. The highest BCUT2D eigenvalue weighted by Gasteiger charge is 2.31. The van der Waals surface area contributed by atoms with Gasteiger partial charge in [-0.15, -0.1) is 24.8 Å². The van der Waals surface area contributed by atoms with Gasteiger partial charge in [0.1, 0.15) is 19.0 Å². The first-order valence-corrected chi connectivity index (χ1v) is 12.1. The molecule has 1 atom stereocenters. The molecule has 0 aliphatic carbocycles. The first-order chi connectivity index (χ1) is 16.7. The maximum Gasteiger partial charge on any atom is 0.251 e. The SMILES string of the molecule is COc1ccc2ccc(=O)n3c2c1C(CN1CCC(NCc2cc4c(cn2)OCCO4)CC1)C3.Cl.Cl. The molecule has 3 aromatic rings. The van der Waals surface area contributed by atoms with E-state index in [0.717, 1.165) is 79.4 Å². The molecule has 8 nitrogen and oxygen atoms in total. The average molecular weight is 535 g/mol. The van der Waals surface area contributed by atoms with E-state index in [-0.39, 0.29) is 36.3 Å². The van der Waals surface area contributed by atoms with Gasteiger partial charge in [0.15, 0.2) is 11.5 Å². The molecule has 194 valence electrons. The Hall–Kier alpha value is -2.52. The molecule has 3 aliphatic heterocycles. The van der Waals surface area contributed by atoms with Crippen molar-refractivity contribution in [2.24, 2.45) is 0 Å². The summed E-state index contributed by atoms with van der Waals surface area (Å²) in [5, 5.41) is 4.77. The van der Waals surface area contributed by atoms with Gasteiger partial charge in [-0.2, -0.15) is 0 Å². The lowest BCUT2D eigenvalue weighted by Crippen LogP contribution is -2.43. The quantitative estimate of drug-likeness (QED) is 0.519. The van der Waals surface area contributed by atoms with E-state index >= 15 is 0 Å².